The van der Waals surface area contributed by atoms with E-state index in [0.29, 0.717) is 17.1 Å². The van der Waals surface area contributed by atoms with Crippen LogP contribution in [-0.4, -0.2) is 35.2 Å². The Hall–Kier alpha value is -2.90. The van der Waals surface area contributed by atoms with Gasteiger partial charge in [0.1, 0.15) is 5.69 Å². The number of aromatic nitrogens is 2. The summed E-state index contributed by atoms with van der Waals surface area (Å²) in [5.41, 5.74) is -0.0622. The summed E-state index contributed by atoms with van der Waals surface area (Å²) in [4.78, 5) is 28.2. The van der Waals surface area contributed by atoms with Crippen molar-refractivity contribution >= 4 is 11.9 Å². The first-order valence-corrected chi connectivity index (χ1v) is 8.27. The third kappa shape index (κ3) is 4.59. The molecule has 0 radical (unpaired) electrons. The van der Waals surface area contributed by atoms with E-state index in [2.05, 4.69) is 20.2 Å². The molecule has 0 aliphatic heterocycles. The zero-order valence-electron chi connectivity index (χ0n) is 15.5. The monoisotopic (exact) mass is 361 g/mol. The average molecular weight is 361 g/mol. The van der Waals surface area contributed by atoms with Crippen molar-refractivity contribution < 1.29 is 23.6 Å². The molecule has 0 saturated carbocycles. The van der Waals surface area contributed by atoms with Gasteiger partial charge in [-0.2, -0.15) is 0 Å². The number of ether oxygens (including phenoxy) is 2. The number of carbonyl (C=O) groups excluding carboxylic acids is 2. The first-order valence-electron chi connectivity index (χ1n) is 8.27. The van der Waals surface area contributed by atoms with E-state index >= 15 is 0 Å². The summed E-state index contributed by atoms with van der Waals surface area (Å²) in [7, 11) is 1.25. The molecule has 8 nitrogen and oxygen atoms in total. The summed E-state index contributed by atoms with van der Waals surface area (Å²) in [5.74, 6) is -0.599. The third-order valence-corrected chi connectivity index (χ3v) is 3.86. The van der Waals surface area contributed by atoms with E-state index in [1.54, 1.807) is 26.0 Å². The van der Waals surface area contributed by atoms with Crippen molar-refractivity contribution in [3.05, 3.63) is 41.4 Å². The highest BCUT2D eigenvalue weighted by Gasteiger charge is 2.29. The Balaban J connectivity index is 2.14. The van der Waals surface area contributed by atoms with Crippen molar-refractivity contribution in [1.82, 2.24) is 15.5 Å². The molecule has 0 spiro atoms. The quantitative estimate of drug-likeness (QED) is 0.756. The maximum atomic E-state index is 12.6. The molecule has 2 aromatic rings. The predicted octanol–water partition coefficient (Wildman–Crippen LogP) is 2.70. The predicted molar refractivity (Wildman–Crippen MR) is 93.0 cm³/mol. The highest BCUT2D eigenvalue weighted by molar-refractivity contribution is 5.95. The Kier molecular flexibility index (Phi) is 5.97. The second-order valence-electron chi connectivity index (χ2n) is 6.37. The van der Waals surface area contributed by atoms with Gasteiger partial charge in [-0.25, -0.2) is 9.78 Å². The molecule has 140 valence electrons. The molecule has 2 aromatic heterocycles. The van der Waals surface area contributed by atoms with Gasteiger partial charge < -0.3 is 19.3 Å². The third-order valence-electron chi connectivity index (χ3n) is 3.86. The summed E-state index contributed by atoms with van der Waals surface area (Å²) in [5, 5.41) is 6.70. The van der Waals surface area contributed by atoms with Gasteiger partial charge in [0.15, 0.2) is 0 Å². The molecular formula is C18H23N3O5. The standard InChI is InChI=1S/C18H23N3O5/c1-6-11(2)25-15-9-12(7-8-19-15)16(22)20-18(3,4)14-10-13(26-21-14)17(23)24-5/h7-11H,6H2,1-5H3,(H,20,22)/t11-/m1/s1. The SMILES string of the molecule is CC[C@@H](C)Oc1cc(C(=O)NC(C)(C)c2cc(C(=O)OC)on2)ccn1. The normalized spacial score (nSPS) is 12.3. The highest BCUT2D eigenvalue weighted by Crippen LogP contribution is 2.21. The molecule has 8 heteroatoms. The summed E-state index contributed by atoms with van der Waals surface area (Å²) in [6.07, 6.45) is 2.36. The van der Waals surface area contributed by atoms with Crippen LogP contribution in [0.15, 0.2) is 28.9 Å². The fourth-order valence-electron chi connectivity index (χ4n) is 2.09. The minimum atomic E-state index is -0.867. The minimum absolute atomic E-state index is 0.00382. The van der Waals surface area contributed by atoms with Crippen LogP contribution >= 0.6 is 0 Å². The number of hydrogen-bond acceptors (Lipinski definition) is 7. The Bertz CT molecular complexity index is 785. The van der Waals surface area contributed by atoms with Crippen molar-refractivity contribution in [1.29, 1.82) is 0 Å². The van der Waals surface area contributed by atoms with Crippen LogP contribution in [0.1, 0.15) is 60.7 Å². The number of esters is 1. The molecule has 1 N–H and O–H groups in total. The maximum absolute atomic E-state index is 12.6. The number of amides is 1. The molecule has 1 amide bonds. The van der Waals surface area contributed by atoms with E-state index < -0.39 is 11.5 Å². The summed E-state index contributed by atoms with van der Waals surface area (Å²) >= 11 is 0. The van der Waals surface area contributed by atoms with E-state index in [1.807, 2.05) is 13.8 Å². The van der Waals surface area contributed by atoms with Gasteiger partial charge in [-0.3, -0.25) is 4.79 Å². The van der Waals surface area contributed by atoms with Crippen molar-refractivity contribution in [2.75, 3.05) is 7.11 Å². The number of pyridine rings is 1. The lowest BCUT2D eigenvalue weighted by Crippen LogP contribution is -2.41. The van der Waals surface area contributed by atoms with Crippen LogP contribution in [0.4, 0.5) is 0 Å². The Morgan fingerprint density at radius 1 is 1.35 bits per heavy atom. The largest absolute Gasteiger partial charge is 0.475 e. The van der Waals surface area contributed by atoms with Gasteiger partial charge in [0.25, 0.3) is 5.91 Å². The smallest absolute Gasteiger partial charge is 0.376 e. The number of hydrogen-bond donors (Lipinski definition) is 1. The van der Waals surface area contributed by atoms with E-state index in [9.17, 15) is 9.59 Å². The molecule has 0 aromatic carbocycles. The van der Waals surface area contributed by atoms with Gasteiger partial charge in [0.2, 0.25) is 11.6 Å². The fourth-order valence-corrected chi connectivity index (χ4v) is 2.09. The van der Waals surface area contributed by atoms with Crippen molar-refractivity contribution in [3.8, 4) is 5.88 Å². The molecule has 0 saturated heterocycles. The molecule has 1 atom stereocenters. The number of methoxy groups -OCH3 is 1. The zero-order valence-corrected chi connectivity index (χ0v) is 15.5. The Morgan fingerprint density at radius 2 is 2.08 bits per heavy atom. The summed E-state index contributed by atoms with van der Waals surface area (Å²) in [6.45, 7) is 7.44. The molecule has 0 aliphatic rings. The first kappa shape index (κ1) is 19.4. The Morgan fingerprint density at radius 3 is 2.73 bits per heavy atom. The van der Waals surface area contributed by atoms with Gasteiger partial charge >= 0.3 is 5.97 Å². The van der Waals surface area contributed by atoms with Crippen LogP contribution in [-0.2, 0) is 10.3 Å². The summed E-state index contributed by atoms with van der Waals surface area (Å²) < 4.78 is 15.2. The highest BCUT2D eigenvalue weighted by atomic mass is 16.5. The van der Waals surface area contributed by atoms with E-state index in [4.69, 9.17) is 9.26 Å². The van der Waals surface area contributed by atoms with Gasteiger partial charge in [-0.1, -0.05) is 12.1 Å². The molecule has 0 bridgehead atoms. The van der Waals surface area contributed by atoms with E-state index in [-0.39, 0.29) is 17.8 Å². The molecule has 26 heavy (non-hydrogen) atoms. The molecule has 0 aliphatic carbocycles. The summed E-state index contributed by atoms with van der Waals surface area (Å²) in [6, 6.07) is 4.62. The van der Waals surface area contributed by atoms with Crippen molar-refractivity contribution in [3.63, 3.8) is 0 Å². The van der Waals surface area contributed by atoms with Gasteiger partial charge in [-0.05, 0) is 33.3 Å². The Labute approximate surface area is 151 Å². The van der Waals surface area contributed by atoms with Crippen LogP contribution in [0, 0.1) is 0 Å². The molecular weight excluding hydrogens is 338 g/mol. The first-order chi connectivity index (χ1) is 12.3. The molecule has 0 unspecified atom stereocenters. The topological polar surface area (TPSA) is 104 Å². The number of nitrogens with zero attached hydrogens (tertiary/aromatic N) is 2. The zero-order chi connectivity index (χ0) is 19.3. The molecule has 0 fully saturated rings. The molecule has 2 rings (SSSR count). The number of rotatable bonds is 7. The fraction of sp³-hybridized carbons (Fsp3) is 0.444. The minimum Gasteiger partial charge on any atom is -0.475 e. The number of nitrogens with one attached hydrogen (secondary N) is 1. The van der Waals surface area contributed by atoms with Crippen molar-refractivity contribution in [2.24, 2.45) is 0 Å². The van der Waals surface area contributed by atoms with E-state index in [1.165, 1.54) is 19.4 Å². The average Bonchev–Trinajstić information content (AvgIpc) is 3.12. The van der Waals surface area contributed by atoms with Crippen LogP contribution < -0.4 is 10.1 Å². The lowest BCUT2D eigenvalue weighted by molar-refractivity contribution is 0.0554. The van der Waals surface area contributed by atoms with Crippen LogP contribution in [0.25, 0.3) is 0 Å². The van der Waals surface area contributed by atoms with Gasteiger partial charge in [-0.15, -0.1) is 0 Å². The number of carbonyl (C=O) groups is 2. The second-order valence-corrected chi connectivity index (χ2v) is 6.37. The lowest BCUT2D eigenvalue weighted by atomic mass is 9.99. The maximum Gasteiger partial charge on any atom is 0.376 e. The van der Waals surface area contributed by atoms with Gasteiger partial charge in [0, 0.05) is 23.9 Å². The van der Waals surface area contributed by atoms with Crippen molar-refractivity contribution in [2.45, 2.75) is 45.8 Å². The molecule has 2 heterocycles. The van der Waals surface area contributed by atoms with Gasteiger partial charge in [0.05, 0.1) is 18.8 Å². The van der Waals surface area contributed by atoms with Crippen LogP contribution in [0.2, 0.25) is 0 Å². The second kappa shape index (κ2) is 7.99. The van der Waals surface area contributed by atoms with E-state index in [0.717, 1.165) is 6.42 Å². The lowest BCUT2D eigenvalue weighted by Gasteiger charge is -2.23. The van der Waals surface area contributed by atoms with Crippen LogP contribution in [0.5, 0.6) is 5.88 Å². The van der Waals surface area contributed by atoms with Crippen LogP contribution in [0.3, 0.4) is 0 Å².